The minimum atomic E-state index is -0.463. The fraction of sp³-hybridized carbons (Fsp3) is 0.333. The molecule has 3 aromatic rings. The summed E-state index contributed by atoms with van der Waals surface area (Å²) in [6, 6.07) is 10.5. The zero-order chi connectivity index (χ0) is 18.3. The Labute approximate surface area is 152 Å². The first-order valence-electron chi connectivity index (χ1n) is 8.94. The first kappa shape index (κ1) is 16.6. The molecule has 5 nitrogen and oxygen atoms in total. The van der Waals surface area contributed by atoms with Crippen molar-refractivity contribution in [2.75, 3.05) is 13.1 Å². The van der Waals surface area contributed by atoms with E-state index >= 15 is 0 Å². The summed E-state index contributed by atoms with van der Waals surface area (Å²) in [6.07, 6.45) is 4.51. The Balaban J connectivity index is 1.58. The highest BCUT2D eigenvalue weighted by Gasteiger charge is 2.24. The number of pyridine rings is 1. The molecule has 1 aromatic carbocycles. The van der Waals surface area contributed by atoms with Gasteiger partial charge in [0.15, 0.2) is 0 Å². The van der Waals surface area contributed by atoms with E-state index in [0.29, 0.717) is 13.1 Å². The molecular weight excluding hydrogens is 326 g/mol. The van der Waals surface area contributed by atoms with Crippen molar-refractivity contribution in [3.63, 3.8) is 0 Å². The molecular formula is C21H23N3O2. The van der Waals surface area contributed by atoms with Crippen LogP contribution in [0.4, 0.5) is 4.79 Å². The summed E-state index contributed by atoms with van der Waals surface area (Å²) in [7, 11) is 0. The summed E-state index contributed by atoms with van der Waals surface area (Å²) in [5.74, 6) is 0. The number of benzene rings is 1. The molecule has 0 aliphatic carbocycles. The number of aromatic nitrogens is 2. The van der Waals surface area contributed by atoms with Crippen LogP contribution < -0.4 is 0 Å². The van der Waals surface area contributed by atoms with Gasteiger partial charge in [0.1, 0.15) is 11.2 Å². The van der Waals surface area contributed by atoms with Gasteiger partial charge in [-0.25, -0.2) is 9.78 Å². The maximum absolute atomic E-state index is 12.2. The van der Waals surface area contributed by atoms with Crippen LogP contribution in [0.5, 0.6) is 0 Å². The standard InChI is InChI=1S/C21H23N3O2/c1-21(2,3)26-20(25)24-11-8-14(9-12-24)15-6-7-18-17(13-15)16-5-4-10-22-19(16)23-18/h4-8,10,13H,9,11-12H2,1-3H3,(H,22,23). The van der Waals surface area contributed by atoms with Crippen molar-refractivity contribution in [3.05, 3.63) is 48.2 Å². The number of H-pyrrole nitrogens is 1. The van der Waals surface area contributed by atoms with Gasteiger partial charge >= 0.3 is 6.09 Å². The van der Waals surface area contributed by atoms with E-state index in [9.17, 15) is 4.79 Å². The third-order valence-corrected chi connectivity index (χ3v) is 4.60. The number of carbonyl (C=O) groups is 1. The molecule has 0 radical (unpaired) electrons. The van der Waals surface area contributed by atoms with Crippen molar-refractivity contribution < 1.29 is 9.53 Å². The van der Waals surface area contributed by atoms with Crippen molar-refractivity contribution in [2.24, 2.45) is 0 Å². The van der Waals surface area contributed by atoms with Gasteiger partial charge in [0.2, 0.25) is 0 Å². The van der Waals surface area contributed by atoms with Crippen LogP contribution in [-0.4, -0.2) is 39.7 Å². The quantitative estimate of drug-likeness (QED) is 0.690. The second-order valence-electron chi connectivity index (χ2n) is 7.69. The highest BCUT2D eigenvalue weighted by atomic mass is 16.6. The number of hydrogen-bond donors (Lipinski definition) is 1. The van der Waals surface area contributed by atoms with Gasteiger partial charge in [0.25, 0.3) is 0 Å². The third kappa shape index (κ3) is 3.17. The normalized spacial score (nSPS) is 15.3. The molecule has 5 heteroatoms. The Morgan fingerprint density at radius 2 is 2.08 bits per heavy atom. The van der Waals surface area contributed by atoms with E-state index in [2.05, 4.69) is 40.3 Å². The number of fused-ring (bicyclic) bond motifs is 3. The molecule has 1 aliphatic heterocycles. The molecule has 26 heavy (non-hydrogen) atoms. The zero-order valence-corrected chi connectivity index (χ0v) is 15.4. The Morgan fingerprint density at radius 3 is 2.81 bits per heavy atom. The predicted octanol–water partition coefficient (Wildman–Crippen LogP) is 4.74. The molecule has 0 spiro atoms. The highest BCUT2D eigenvalue weighted by Crippen LogP contribution is 2.30. The molecule has 0 atom stereocenters. The Bertz CT molecular complexity index is 1010. The lowest BCUT2D eigenvalue weighted by molar-refractivity contribution is 0.0270. The van der Waals surface area contributed by atoms with Gasteiger partial charge in [0.05, 0.1) is 0 Å². The van der Waals surface area contributed by atoms with Crippen molar-refractivity contribution in [2.45, 2.75) is 32.8 Å². The van der Waals surface area contributed by atoms with Gasteiger partial charge in [-0.05, 0) is 62.6 Å². The van der Waals surface area contributed by atoms with Crippen molar-refractivity contribution in [1.29, 1.82) is 0 Å². The number of nitrogens with zero attached hydrogens (tertiary/aromatic N) is 2. The Hall–Kier alpha value is -2.82. The topological polar surface area (TPSA) is 58.2 Å². The lowest BCUT2D eigenvalue weighted by Gasteiger charge is -2.29. The number of amides is 1. The van der Waals surface area contributed by atoms with Crippen LogP contribution >= 0.6 is 0 Å². The SMILES string of the molecule is CC(C)(C)OC(=O)N1CC=C(c2ccc3[nH]c4ncccc4c3c2)CC1. The number of carbonyl (C=O) groups excluding carboxylic acids is 1. The lowest BCUT2D eigenvalue weighted by Crippen LogP contribution is -2.39. The smallest absolute Gasteiger partial charge is 0.410 e. The maximum Gasteiger partial charge on any atom is 0.410 e. The van der Waals surface area contributed by atoms with E-state index in [1.807, 2.05) is 26.8 Å². The first-order chi connectivity index (χ1) is 12.4. The minimum absolute atomic E-state index is 0.244. The zero-order valence-electron chi connectivity index (χ0n) is 15.4. The van der Waals surface area contributed by atoms with Gasteiger partial charge < -0.3 is 14.6 Å². The molecule has 1 amide bonds. The van der Waals surface area contributed by atoms with Gasteiger partial charge in [0, 0.05) is 35.6 Å². The minimum Gasteiger partial charge on any atom is -0.444 e. The summed E-state index contributed by atoms with van der Waals surface area (Å²) in [5, 5.41) is 2.32. The maximum atomic E-state index is 12.2. The Morgan fingerprint density at radius 1 is 1.23 bits per heavy atom. The van der Waals surface area contributed by atoms with Crippen LogP contribution in [-0.2, 0) is 4.74 Å². The molecule has 1 aliphatic rings. The second-order valence-corrected chi connectivity index (χ2v) is 7.69. The summed E-state index contributed by atoms with van der Waals surface area (Å²) in [6.45, 7) is 6.93. The van der Waals surface area contributed by atoms with E-state index < -0.39 is 5.60 Å². The third-order valence-electron chi connectivity index (χ3n) is 4.60. The van der Waals surface area contributed by atoms with Crippen molar-refractivity contribution in [3.8, 4) is 0 Å². The fourth-order valence-corrected chi connectivity index (χ4v) is 3.35. The molecule has 1 N–H and O–H groups in total. The van der Waals surface area contributed by atoms with Crippen LogP contribution in [0.25, 0.3) is 27.5 Å². The first-order valence-corrected chi connectivity index (χ1v) is 8.94. The lowest BCUT2D eigenvalue weighted by atomic mass is 9.98. The highest BCUT2D eigenvalue weighted by molar-refractivity contribution is 6.06. The van der Waals surface area contributed by atoms with Crippen LogP contribution in [0, 0.1) is 0 Å². The second kappa shape index (κ2) is 6.16. The van der Waals surface area contributed by atoms with Crippen LogP contribution in [0.15, 0.2) is 42.6 Å². The van der Waals surface area contributed by atoms with E-state index in [1.54, 1.807) is 11.1 Å². The molecule has 0 bridgehead atoms. The van der Waals surface area contributed by atoms with E-state index in [0.717, 1.165) is 23.0 Å². The molecule has 4 rings (SSSR count). The van der Waals surface area contributed by atoms with Gasteiger partial charge in [-0.3, -0.25) is 0 Å². The van der Waals surface area contributed by atoms with Gasteiger partial charge in [-0.1, -0.05) is 12.1 Å². The number of rotatable bonds is 1. The van der Waals surface area contributed by atoms with Crippen LogP contribution in [0.2, 0.25) is 0 Å². The molecule has 0 unspecified atom stereocenters. The molecule has 0 saturated carbocycles. The molecule has 0 saturated heterocycles. The van der Waals surface area contributed by atoms with E-state index in [4.69, 9.17) is 4.74 Å². The van der Waals surface area contributed by atoms with Gasteiger partial charge in [-0.15, -0.1) is 0 Å². The number of aromatic amines is 1. The van der Waals surface area contributed by atoms with Crippen LogP contribution in [0.3, 0.4) is 0 Å². The fourth-order valence-electron chi connectivity index (χ4n) is 3.35. The summed E-state index contributed by atoms with van der Waals surface area (Å²) in [4.78, 5) is 21.7. The largest absolute Gasteiger partial charge is 0.444 e. The number of nitrogens with one attached hydrogen (secondary N) is 1. The number of hydrogen-bond acceptors (Lipinski definition) is 3. The van der Waals surface area contributed by atoms with Crippen LogP contribution in [0.1, 0.15) is 32.8 Å². The Kier molecular flexibility index (Phi) is 3.94. The summed E-state index contributed by atoms with van der Waals surface area (Å²) < 4.78 is 5.46. The molecule has 2 aromatic heterocycles. The van der Waals surface area contributed by atoms with Gasteiger partial charge in [-0.2, -0.15) is 0 Å². The van der Waals surface area contributed by atoms with Crippen molar-refractivity contribution in [1.82, 2.24) is 14.9 Å². The molecule has 0 fully saturated rings. The molecule has 134 valence electrons. The average Bonchev–Trinajstić information content (AvgIpc) is 2.98. The monoisotopic (exact) mass is 349 g/mol. The summed E-state index contributed by atoms with van der Waals surface area (Å²) >= 11 is 0. The summed E-state index contributed by atoms with van der Waals surface area (Å²) in [5.41, 5.74) is 4.01. The predicted molar refractivity (Wildman–Crippen MR) is 104 cm³/mol. The average molecular weight is 349 g/mol. The van der Waals surface area contributed by atoms with E-state index in [1.165, 1.54) is 16.5 Å². The van der Waals surface area contributed by atoms with Crippen molar-refractivity contribution >= 4 is 33.6 Å². The van der Waals surface area contributed by atoms with E-state index in [-0.39, 0.29) is 6.09 Å². The molecule has 3 heterocycles. The number of ether oxygens (including phenoxy) is 1.